The molecule has 0 radical (unpaired) electrons. The summed E-state index contributed by atoms with van der Waals surface area (Å²) in [7, 11) is -1.60. The van der Waals surface area contributed by atoms with Gasteiger partial charge in [-0.1, -0.05) is 50.6 Å². The van der Waals surface area contributed by atoms with Crippen LogP contribution in [-0.2, 0) is 28.3 Å². The molecule has 1 aliphatic heterocycles. The molecule has 188 valence electrons. The van der Waals surface area contributed by atoms with Crippen LogP contribution < -0.4 is 5.32 Å². The maximum Gasteiger partial charge on any atom is 0.243 e. The van der Waals surface area contributed by atoms with Gasteiger partial charge in [0, 0.05) is 45.4 Å². The lowest BCUT2D eigenvalue weighted by atomic mass is 9.88. The maximum atomic E-state index is 13.1. The van der Waals surface area contributed by atoms with Crippen molar-refractivity contribution in [2.75, 3.05) is 19.6 Å². The largest absolute Gasteiger partial charge is 0.355 e. The monoisotopic (exact) mass is 496 g/mol. The van der Waals surface area contributed by atoms with Crippen molar-refractivity contribution < 1.29 is 13.2 Å². The van der Waals surface area contributed by atoms with E-state index in [0.29, 0.717) is 43.9 Å². The second kappa shape index (κ2) is 10.9. The number of hydrogen-bond donors (Lipinski definition) is 1. The summed E-state index contributed by atoms with van der Waals surface area (Å²) in [5.41, 5.74) is 2.74. The zero-order chi connectivity index (χ0) is 25.0. The van der Waals surface area contributed by atoms with Gasteiger partial charge in [-0.25, -0.2) is 13.4 Å². The second-order valence-corrected chi connectivity index (χ2v) is 11.7. The number of piperidine rings is 1. The van der Waals surface area contributed by atoms with Gasteiger partial charge in [0.05, 0.1) is 15.9 Å². The molecule has 2 heterocycles. The highest BCUT2D eigenvalue weighted by atomic mass is 32.2. The average Bonchev–Trinajstić information content (AvgIpc) is 3.18. The van der Waals surface area contributed by atoms with Gasteiger partial charge in [0.15, 0.2) is 0 Å². The van der Waals surface area contributed by atoms with Gasteiger partial charge in [-0.2, -0.15) is 4.31 Å². The molecule has 7 nitrogen and oxygen atoms in total. The van der Waals surface area contributed by atoms with E-state index in [0.717, 1.165) is 30.6 Å². The molecule has 1 aromatic heterocycles. The van der Waals surface area contributed by atoms with Crippen LogP contribution >= 0.6 is 0 Å². The molecule has 35 heavy (non-hydrogen) atoms. The van der Waals surface area contributed by atoms with E-state index in [-0.39, 0.29) is 16.7 Å². The third-order valence-electron chi connectivity index (χ3n) is 7.02. The number of nitrogens with one attached hydrogen (secondary N) is 1. The Balaban J connectivity index is 1.41. The minimum absolute atomic E-state index is 0.00741. The fourth-order valence-electron chi connectivity index (χ4n) is 4.84. The molecule has 3 aromatic rings. The number of carbonyl (C=O) groups is 1. The normalized spacial score (nSPS) is 16.0. The van der Waals surface area contributed by atoms with Crippen LogP contribution in [0.1, 0.15) is 56.8 Å². The summed E-state index contributed by atoms with van der Waals surface area (Å²) < 4.78 is 29.6. The van der Waals surface area contributed by atoms with Crippen LogP contribution in [0.25, 0.3) is 11.0 Å². The number of fused-ring (bicyclic) bond motifs is 1. The standard InChI is InChI=1S/C27H36N4O3S/c1-20(2)23(21-10-6-4-7-11-21)19-28-27(32)15-14-26-29-24-18-22(12-13-25(24)30(26)3)35(33,34)31-16-8-5-9-17-31/h4,6-7,10-13,18,20,23H,5,8-9,14-17,19H2,1-3H3,(H,28,32). The van der Waals surface area contributed by atoms with E-state index < -0.39 is 10.0 Å². The predicted octanol–water partition coefficient (Wildman–Crippen LogP) is 4.24. The van der Waals surface area contributed by atoms with Crippen molar-refractivity contribution in [3.8, 4) is 0 Å². The lowest BCUT2D eigenvalue weighted by Gasteiger charge is -2.25. The topological polar surface area (TPSA) is 84.3 Å². The van der Waals surface area contributed by atoms with Gasteiger partial charge in [0.25, 0.3) is 0 Å². The number of sulfonamides is 1. The predicted molar refractivity (Wildman–Crippen MR) is 139 cm³/mol. The van der Waals surface area contributed by atoms with E-state index in [4.69, 9.17) is 0 Å². The molecule has 4 rings (SSSR count). The van der Waals surface area contributed by atoms with Gasteiger partial charge in [-0.15, -0.1) is 0 Å². The number of aromatic nitrogens is 2. The van der Waals surface area contributed by atoms with Crippen molar-refractivity contribution in [3.63, 3.8) is 0 Å². The number of aryl methyl sites for hydroxylation is 2. The van der Waals surface area contributed by atoms with Crippen molar-refractivity contribution in [1.29, 1.82) is 0 Å². The molecule has 0 bridgehead atoms. The van der Waals surface area contributed by atoms with Crippen molar-refractivity contribution in [1.82, 2.24) is 19.2 Å². The van der Waals surface area contributed by atoms with Gasteiger partial charge in [0.2, 0.25) is 15.9 Å². The number of rotatable bonds is 9. The molecule has 1 fully saturated rings. The quantitative estimate of drug-likeness (QED) is 0.480. The van der Waals surface area contributed by atoms with Crippen LogP contribution in [0.5, 0.6) is 0 Å². The summed E-state index contributed by atoms with van der Waals surface area (Å²) in [6.45, 7) is 6.09. The van der Waals surface area contributed by atoms with Crippen LogP contribution in [-0.4, -0.2) is 47.8 Å². The molecule has 1 saturated heterocycles. The molecule has 0 aliphatic carbocycles. The number of nitrogens with zero attached hydrogens (tertiary/aromatic N) is 3. The molecular weight excluding hydrogens is 460 g/mol. The molecule has 0 saturated carbocycles. The molecule has 1 aliphatic rings. The zero-order valence-electron chi connectivity index (χ0n) is 20.9. The van der Waals surface area contributed by atoms with E-state index in [9.17, 15) is 13.2 Å². The van der Waals surface area contributed by atoms with E-state index in [1.54, 1.807) is 16.4 Å². The van der Waals surface area contributed by atoms with Crippen LogP contribution in [0.4, 0.5) is 0 Å². The molecule has 1 amide bonds. The van der Waals surface area contributed by atoms with Gasteiger partial charge in [0.1, 0.15) is 5.82 Å². The highest BCUT2D eigenvalue weighted by Crippen LogP contribution is 2.25. The molecular formula is C27H36N4O3S. The molecule has 1 unspecified atom stereocenters. The van der Waals surface area contributed by atoms with Crippen LogP contribution in [0.15, 0.2) is 53.4 Å². The molecule has 8 heteroatoms. The van der Waals surface area contributed by atoms with Gasteiger partial charge >= 0.3 is 0 Å². The highest BCUT2D eigenvalue weighted by molar-refractivity contribution is 7.89. The van der Waals surface area contributed by atoms with E-state index in [1.807, 2.05) is 35.9 Å². The molecule has 2 aromatic carbocycles. The Hall–Kier alpha value is -2.71. The number of carbonyl (C=O) groups excluding carboxylic acids is 1. The van der Waals surface area contributed by atoms with Crippen molar-refractivity contribution in [3.05, 3.63) is 59.9 Å². The Kier molecular flexibility index (Phi) is 7.91. The Morgan fingerprint density at radius 2 is 1.77 bits per heavy atom. The average molecular weight is 497 g/mol. The summed E-state index contributed by atoms with van der Waals surface area (Å²) in [6, 6.07) is 15.4. The lowest BCUT2D eigenvalue weighted by Crippen LogP contribution is -2.35. The zero-order valence-corrected chi connectivity index (χ0v) is 21.7. The summed E-state index contributed by atoms with van der Waals surface area (Å²) in [6.07, 6.45) is 3.70. The number of benzene rings is 2. The van der Waals surface area contributed by atoms with Gasteiger partial charge in [-0.05, 0) is 42.5 Å². The van der Waals surface area contributed by atoms with Crippen LogP contribution in [0, 0.1) is 5.92 Å². The van der Waals surface area contributed by atoms with Gasteiger partial charge < -0.3 is 9.88 Å². The van der Waals surface area contributed by atoms with Gasteiger partial charge in [-0.3, -0.25) is 4.79 Å². The number of hydrogen-bond acceptors (Lipinski definition) is 4. The fraction of sp³-hybridized carbons (Fsp3) is 0.481. The minimum atomic E-state index is -3.51. The summed E-state index contributed by atoms with van der Waals surface area (Å²) in [4.78, 5) is 17.6. The molecule has 1 atom stereocenters. The SMILES string of the molecule is CC(C)C(CNC(=O)CCc1nc2cc(S(=O)(=O)N3CCCCC3)ccc2n1C)c1ccccc1. The van der Waals surface area contributed by atoms with E-state index in [1.165, 1.54) is 5.56 Å². The lowest BCUT2D eigenvalue weighted by molar-refractivity contribution is -0.121. The summed E-state index contributed by atoms with van der Waals surface area (Å²) in [5.74, 6) is 1.43. The minimum Gasteiger partial charge on any atom is -0.355 e. The Morgan fingerprint density at radius 1 is 1.06 bits per heavy atom. The highest BCUT2D eigenvalue weighted by Gasteiger charge is 2.26. The van der Waals surface area contributed by atoms with E-state index in [2.05, 4.69) is 36.3 Å². The van der Waals surface area contributed by atoms with Crippen LogP contribution in [0.3, 0.4) is 0 Å². The first kappa shape index (κ1) is 25.4. The summed E-state index contributed by atoms with van der Waals surface area (Å²) >= 11 is 0. The third kappa shape index (κ3) is 5.76. The fourth-order valence-corrected chi connectivity index (χ4v) is 6.38. The first-order valence-corrected chi connectivity index (χ1v) is 14.0. The molecule has 0 spiro atoms. The third-order valence-corrected chi connectivity index (χ3v) is 8.92. The Bertz CT molecular complexity index is 1260. The second-order valence-electron chi connectivity index (χ2n) is 9.77. The van der Waals surface area contributed by atoms with Crippen molar-refractivity contribution >= 4 is 27.0 Å². The Labute approximate surface area is 208 Å². The number of amides is 1. The van der Waals surface area contributed by atoms with Crippen molar-refractivity contribution in [2.45, 2.75) is 56.8 Å². The van der Waals surface area contributed by atoms with Crippen molar-refractivity contribution in [2.24, 2.45) is 13.0 Å². The maximum absolute atomic E-state index is 13.1. The molecule has 1 N–H and O–H groups in total. The Morgan fingerprint density at radius 3 is 2.46 bits per heavy atom. The summed E-state index contributed by atoms with van der Waals surface area (Å²) in [5, 5.41) is 3.09. The van der Waals surface area contributed by atoms with Crippen LogP contribution in [0.2, 0.25) is 0 Å². The van der Waals surface area contributed by atoms with E-state index >= 15 is 0 Å². The first-order chi connectivity index (χ1) is 16.8. The smallest absolute Gasteiger partial charge is 0.243 e. The number of imidazole rings is 1. The first-order valence-electron chi connectivity index (χ1n) is 12.5.